The van der Waals surface area contributed by atoms with Crippen molar-refractivity contribution < 1.29 is 18.4 Å². The molecule has 0 fully saturated rings. The summed E-state index contributed by atoms with van der Waals surface area (Å²) in [5.41, 5.74) is 0. The Morgan fingerprint density at radius 1 is 1.31 bits per heavy atom. The summed E-state index contributed by atoms with van der Waals surface area (Å²) in [5, 5.41) is -3.22. The van der Waals surface area contributed by atoms with E-state index in [0.717, 1.165) is 6.08 Å². The van der Waals surface area contributed by atoms with Crippen LogP contribution in [0.2, 0.25) is 0 Å². The van der Waals surface area contributed by atoms with Crippen molar-refractivity contribution in [3.05, 3.63) is 12.7 Å². The average Bonchev–Trinajstić information content (AvgIpc) is 1.99. The monoisotopic (exact) mass is 348 g/mol. The van der Waals surface area contributed by atoms with E-state index >= 15 is 0 Å². The number of hydrogen-bond acceptors (Lipinski definition) is 4. The SMILES string of the molecule is C=CC(=O)OP(=O)(Cl)CCC.O=P(Cl)(Cl)Cl. The first-order valence-electron chi connectivity index (χ1n) is 3.85. The number of carbonyl (C=O) groups excluding carboxylic acids is 1. The van der Waals surface area contributed by atoms with E-state index in [-0.39, 0.29) is 6.16 Å². The molecule has 0 rings (SSSR count). The predicted molar refractivity (Wildman–Crippen MR) is 70.1 cm³/mol. The van der Waals surface area contributed by atoms with E-state index in [1.54, 1.807) is 6.92 Å². The quantitative estimate of drug-likeness (QED) is 0.505. The predicted octanol–water partition coefficient (Wildman–Crippen LogP) is 5.37. The van der Waals surface area contributed by atoms with E-state index in [1.165, 1.54) is 0 Å². The maximum atomic E-state index is 11.1. The molecular formula is C6H10Cl4O4P2. The van der Waals surface area contributed by atoms with Gasteiger partial charge in [-0.05, 0) is 51.4 Å². The molecule has 0 aromatic heterocycles. The van der Waals surface area contributed by atoms with Gasteiger partial charge in [0.15, 0.2) is 0 Å². The van der Waals surface area contributed by atoms with Crippen molar-refractivity contribution in [2.45, 2.75) is 13.3 Å². The molecule has 0 spiro atoms. The molecule has 0 aromatic rings. The highest BCUT2D eigenvalue weighted by molar-refractivity contribution is 8.24. The number of hydrogen-bond donors (Lipinski definition) is 0. The minimum absolute atomic E-state index is 0.203. The highest BCUT2D eigenvalue weighted by Crippen LogP contribution is 2.61. The Morgan fingerprint density at radius 2 is 1.69 bits per heavy atom. The summed E-state index contributed by atoms with van der Waals surface area (Å²) in [6.07, 6.45) is 1.75. The summed E-state index contributed by atoms with van der Waals surface area (Å²) in [7, 11) is 0. The van der Waals surface area contributed by atoms with Crippen LogP contribution < -0.4 is 0 Å². The Balaban J connectivity index is 0. The molecule has 16 heavy (non-hydrogen) atoms. The molecule has 96 valence electrons. The van der Waals surface area contributed by atoms with Crippen molar-refractivity contribution in [1.82, 2.24) is 0 Å². The Morgan fingerprint density at radius 3 is 1.94 bits per heavy atom. The molecule has 0 aromatic carbocycles. The molecule has 1 atom stereocenters. The minimum atomic E-state index is -3.22. The van der Waals surface area contributed by atoms with Crippen LogP contribution in [0.5, 0.6) is 0 Å². The summed E-state index contributed by atoms with van der Waals surface area (Å²) in [5.74, 6) is -0.739. The molecule has 0 bridgehead atoms. The lowest BCUT2D eigenvalue weighted by atomic mass is 10.6. The Hall–Kier alpha value is 0.830. The van der Waals surface area contributed by atoms with Crippen LogP contribution in [0.15, 0.2) is 12.7 Å². The second kappa shape index (κ2) is 8.85. The van der Waals surface area contributed by atoms with Gasteiger partial charge in [-0.15, -0.1) is 0 Å². The van der Waals surface area contributed by atoms with Crippen molar-refractivity contribution in [1.29, 1.82) is 0 Å². The van der Waals surface area contributed by atoms with Crippen molar-refractivity contribution in [2.75, 3.05) is 6.16 Å². The van der Waals surface area contributed by atoms with Crippen LogP contribution in [0.1, 0.15) is 13.3 Å². The molecule has 10 heteroatoms. The lowest BCUT2D eigenvalue weighted by molar-refractivity contribution is -0.128. The molecule has 0 aliphatic rings. The molecule has 0 saturated carbocycles. The maximum Gasteiger partial charge on any atom is 0.339 e. The molecule has 4 nitrogen and oxygen atoms in total. The first-order valence-corrected chi connectivity index (χ1v) is 11.0. The molecule has 0 saturated heterocycles. The number of carbonyl (C=O) groups is 1. The van der Waals surface area contributed by atoms with Crippen LogP contribution in [0.4, 0.5) is 0 Å². The fraction of sp³-hybridized carbons (Fsp3) is 0.500. The maximum absolute atomic E-state index is 11.1. The zero-order valence-electron chi connectivity index (χ0n) is 8.24. The molecule has 0 N–H and O–H groups in total. The molecule has 0 aliphatic carbocycles. The number of rotatable bonds is 4. The van der Waals surface area contributed by atoms with Gasteiger partial charge < -0.3 is 4.52 Å². The lowest BCUT2D eigenvalue weighted by Gasteiger charge is -2.07. The third kappa shape index (κ3) is 20.3. The van der Waals surface area contributed by atoms with Gasteiger partial charge in [0, 0.05) is 12.2 Å². The first kappa shape index (κ1) is 19.2. The van der Waals surface area contributed by atoms with E-state index in [9.17, 15) is 13.9 Å². The van der Waals surface area contributed by atoms with Crippen LogP contribution in [0.25, 0.3) is 0 Å². The Kier molecular flexibility index (Phi) is 10.6. The second-order valence-corrected chi connectivity index (χ2v) is 12.3. The molecular weight excluding hydrogens is 340 g/mol. The topological polar surface area (TPSA) is 60.4 Å². The van der Waals surface area contributed by atoms with Crippen molar-refractivity contribution in [2.24, 2.45) is 0 Å². The third-order valence-electron chi connectivity index (χ3n) is 0.884. The van der Waals surface area contributed by atoms with Crippen LogP contribution >= 0.6 is 56.9 Å². The Labute approximate surface area is 113 Å². The van der Waals surface area contributed by atoms with Crippen LogP contribution in [0, 0.1) is 0 Å². The minimum Gasteiger partial charge on any atom is -0.397 e. The third-order valence-corrected chi connectivity index (χ3v) is 3.03. The van der Waals surface area contributed by atoms with Crippen molar-refractivity contribution in [3.63, 3.8) is 0 Å². The van der Waals surface area contributed by atoms with Gasteiger partial charge in [0.2, 0.25) is 0 Å². The highest BCUT2D eigenvalue weighted by atomic mass is 36.0. The van der Waals surface area contributed by atoms with Gasteiger partial charge in [0.05, 0.1) is 0 Å². The zero-order chi connectivity index (χ0) is 13.4. The van der Waals surface area contributed by atoms with Crippen molar-refractivity contribution in [3.8, 4) is 0 Å². The molecule has 0 aliphatic heterocycles. The lowest BCUT2D eigenvalue weighted by Crippen LogP contribution is -1.96. The standard InChI is InChI=1S/C6H10ClO3P.Cl3OP/c1-3-5-11(7,9)10-6(8)4-2;1-5(2,3)4/h4H,2-3,5H2,1H3;. The summed E-state index contributed by atoms with van der Waals surface area (Å²) < 4.78 is 25.0. The van der Waals surface area contributed by atoms with Gasteiger partial charge in [-0.2, -0.15) is 0 Å². The summed E-state index contributed by atoms with van der Waals surface area (Å²) >= 11 is 19.2. The largest absolute Gasteiger partial charge is 0.397 e. The summed E-state index contributed by atoms with van der Waals surface area (Å²) in [6.45, 7) is 1.74. The molecule has 0 amide bonds. The normalized spacial score (nSPS) is 14.1. The Bertz CT molecular complexity index is 318. The van der Waals surface area contributed by atoms with Crippen molar-refractivity contribution >= 4 is 62.9 Å². The van der Waals surface area contributed by atoms with Crippen LogP contribution in [-0.2, 0) is 18.4 Å². The van der Waals surface area contributed by atoms with Gasteiger partial charge in [-0.3, -0.25) is 9.13 Å². The van der Waals surface area contributed by atoms with Crippen LogP contribution in [0.3, 0.4) is 0 Å². The van der Waals surface area contributed by atoms with Gasteiger partial charge in [0.1, 0.15) is 0 Å². The molecule has 0 radical (unpaired) electrons. The zero-order valence-corrected chi connectivity index (χ0v) is 13.1. The van der Waals surface area contributed by atoms with Gasteiger partial charge >= 0.3 is 17.9 Å². The van der Waals surface area contributed by atoms with Gasteiger partial charge in [-0.25, -0.2) is 4.79 Å². The van der Waals surface area contributed by atoms with E-state index in [1.807, 2.05) is 0 Å². The van der Waals surface area contributed by atoms with Crippen LogP contribution in [-0.4, -0.2) is 12.1 Å². The van der Waals surface area contributed by atoms with E-state index in [0.29, 0.717) is 6.42 Å². The fourth-order valence-electron chi connectivity index (χ4n) is 0.484. The molecule has 0 heterocycles. The number of halogens is 4. The van der Waals surface area contributed by atoms with Gasteiger partial charge in [0.25, 0.3) is 0 Å². The smallest absolute Gasteiger partial charge is 0.339 e. The van der Waals surface area contributed by atoms with E-state index in [2.05, 4.69) is 44.8 Å². The highest BCUT2D eigenvalue weighted by Gasteiger charge is 2.20. The fourth-order valence-corrected chi connectivity index (χ4v) is 2.16. The first-order chi connectivity index (χ1) is 7.02. The van der Waals surface area contributed by atoms with E-state index in [4.69, 9.17) is 11.2 Å². The summed E-state index contributed by atoms with van der Waals surface area (Å²) in [6, 6.07) is 0. The summed E-state index contributed by atoms with van der Waals surface area (Å²) in [4.78, 5) is 10.5. The van der Waals surface area contributed by atoms with E-state index < -0.39 is 17.9 Å². The second-order valence-electron chi connectivity index (χ2n) is 2.33. The van der Waals surface area contributed by atoms with Gasteiger partial charge in [-0.1, -0.05) is 13.5 Å². The average molecular weight is 350 g/mol. The molecule has 1 unspecified atom stereocenters.